The molecule has 28 heavy (non-hydrogen) atoms. The van der Waals surface area contributed by atoms with Gasteiger partial charge in [-0.3, -0.25) is 0 Å². The van der Waals surface area contributed by atoms with E-state index in [1.807, 2.05) is 66.0 Å². The van der Waals surface area contributed by atoms with Crippen molar-refractivity contribution in [2.24, 2.45) is 7.05 Å². The lowest BCUT2D eigenvalue weighted by Crippen LogP contribution is -2.14. The zero-order valence-corrected chi connectivity index (χ0v) is 16.9. The minimum atomic E-state index is 0.198. The first-order chi connectivity index (χ1) is 13.4. The fourth-order valence-electron chi connectivity index (χ4n) is 3.30. The third kappa shape index (κ3) is 3.37. The molecule has 0 aliphatic rings. The van der Waals surface area contributed by atoms with E-state index in [0.29, 0.717) is 23.2 Å². The Morgan fingerprint density at radius 2 is 1.93 bits per heavy atom. The van der Waals surface area contributed by atoms with Crippen LogP contribution in [0.15, 0.2) is 48.7 Å². The van der Waals surface area contributed by atoms with Gasteiger partial charge in [0.2, 0.25) is 11.2 Å². The summed E-state index contributed by atoms with van der Waals surface area (Å²) in [6.45, 7) is 0. The fraction of sp³-hybridized carbons (Fsp3) is 0.150. The summed E-state index contributed by atoms with van der Waals surface area (Å²) in [5.74, 6) is 1.16. The maximum atomic E-state index is 6.19. The predicted octanol–water partition coefficient (Wildman–Crippen LogP) is 4.61. The van der Waals surface area contributed by atoms with Crippen molar-refractivity contribution in [1.29, 1.82) is 0 Å². The number of hydrogen-bond acceptors (Lipinski definition) is 5. The largest absolute Gasteiger partial charge is 0.369 e. The van der Waals surface area contributed by atoms with E-state index in [1.54, 1.807) is 6.20 Å². The highest BCUT2D eigenvalue weighted by molar-refractivity contribution is 6.30. The third-order valence-electron chi connectivity index (χ3n) is 4.75. The van der Waals surface area contributed by atoms with Crippen LogP contribution in [-0.4, -0.2) is 26.6 Å². The molecule has 0 saturated carbocycles. The Morgan fingerprint density at radius 1 is 1.11 bits per heavy atom. The minimum Gasteiger partial charge on any atom is -0.369 e. The van der Waals surface area contributed by atoms with Gasteiger partial charge in [-0.2, -0.15) is 0 Å². The number of anilines is 3. The van der Waals surface area contributed by atoms with Crippen LogP contribution in [0.4, 0.5) is 17.5 Å². The fourth-order valence-corrected chi connectivity index (χ4v) is 3.65. The van der Waals surface area contributed by atoms with E-state index in [-0.39, 0.29) is 5.28 Å². The van der Waals surface area contributed by atoms with Crippen LogP contribution < -0.4 is 10.6 Å². The van der Waals surface area contributed by atoms with Gasteiger partial charge in [0.1, 0.15) is 5.82 Å². The van der Waals surface area contributed by atoms with Gasteiger partial charge >= 0.3 is 0 Å². The molecule has 2 N–H and O–H groups in total. The molecule has 0 atom stereocenters. The van der Waals surface area contributed by atoms with E-state index < -0.39 is 0 Å². The van der Waals surface area contributed by atoms with Crippen molar-refractivity contribution in [1.82, 2.24) is 19.5 Å². The van der Waals surface area contributed by atoms with Crippen LogP contribution in [0.1, 0.15) is 11.1 Å². The van der Waals surface area contributed by atoms with E-state index in [4.69, 9.17) is 28.9 Å². The second-order valence-corrected chi connectivity index (χ2v) is 7.28. The van der Waals surface area contributed by atoms with Crippen molar-refractivity contribution in [2.45, 2.75) is 6.42 Å². The predicted molar refractivity (Wildman–Crippen MR) is 114 cm³/mol. The summed E-state index contributed by atoms with van der Waals surface area (Å²) < 4.78 is 1.88. The molecule has 8 heteroatoms. The third-order valence-corrected chi connectivity index (χ3v) is 5.17. The van der Waals surface area contributed by atoms with Crippen molar-refractivity contribution in [3.05, 3.63) is 70.1 Å². The van der Waals surface area contributed by atoms with Crippen molar-refractivity contribution in [3.63, 3.8) is 0 Å². The van der Waals surface area contributed by atoms with Gasteiger partial charge in [-0.25, -0.2) is 15.0 Å². The average molecular weight is 413 g/mol. The SMILES string of the molecule is CN(c1ccnc(Cl)n1)c1ccc2c(nc(N)n2C)c1Cc1cccc(Cl)c1. The topological polar surface area (TPSA) is 72.9 Å². The molecule has 0 saturated heterocycles. The number of nitrogen functional groups attached to an aromatic ring is 1. The highest BCUT2D eigenvalue weighted by atomic mass is 35.5. The van der Waals surface area contributed by atoms with Gasteiger partial charge in [0.05, 0.1) is 11.0 Å². The quantitative estimate of drug-likeness (QED) is 0.495. The van der Waals surface area contributed by atoms with Gasteiger partial charge in [-0.1, -0.05) is 23.7 Å². The molecule has 0 aliphatic heterocycles. The van der Waals surface area contributed by atoms with Gasteiger partial charge in [0, 0.05) is 43.0 Å². The van der Waals surface area contributed by atoms with Crippen molar-refractivity contribution >= 4 is 51.7 Å². The van der Waals surface area contributed by atoms with Crippen LogP contribution in [0.2, 0.25) is 10.3 Å². The standard InChI is InChI=1S/C20H18Cl2N6/c1-27(17-8-9-24-19(22)25-17)15-6-7-16-18(26-20(23)28(16)2)14(15)11-12-4-3-5-13(21)10-12/h3-10H,11H2,1-2H3,(H2,23,26). The van der Waals surface area contributed by atoms with Crippen LogP contribution in [0.25, 0.3) is 11.0 Å². The number of nitrogens with two attached hydrogens (primary N) is 1. The summed E-state index contributed by atoms with van der Waals surface area (Å²) in [6, 6.07) is 13.7. The molecule has 6 nitrogen and oxygen atoms in total. The molecule has 4 rings (SSSR count). The summed E-state index contributed by atoms with van der Waals surface area (Å²) in [5, 5.41) is 0.895. The minimum absolute atomic E-state index is 0.198. The maximum Gasteiger partial charge on any atom is 0.224 e. The van der Waals surface area contributed by atoms with E-state index >= 15 is 0 Å². The van der Waals surface area contributed by atoms with E-state index in [1.165, 1.54) is 0 Å². The maximum absolute atomic E-state index is 6.19. The van der Waals surface area contributed by atoms with Gasteiger partial charge in [0.15, 0.2) is 0 Å². The number of hydrogen-bond donors (Lipinski definition) is 1. The molecule has 0 aliphatic carbocycles. The Morgan fingerprint density at radius 3 is 2.68 bits per heavy atom. The molecule has 0 radical (unpaired) electrons. The molecule has 2 aromatic carbocycles. The number of aryl methyl sites for hydroxylation is 1. The van der Waals surface area contributed by atoms with Gasteiger partial charge in [-0.15, -0.1) is 0 Å². The monoisotopic (exact) mass is 412 g/mol. The number of nitrogens with zero attached hydrogens (tertiary/aromatic N) is 5. The van der Waals surface area contributed by atoms with E-state index in [9.17, 15) is 0 Å². The Labute approximate surface area is 172 Å². The summed E-state index contributed by atoms with van der Waals surface area (Å²) in [7, 11) is 3.84. The van der Waals surface area contributed by atoms with Crippen LogP contribution in [-0.2, 0) is 13.5 Å². The first kappa shape index (κ1) is 18.5. The Kier molecular flexibility index (Phi) is 4.83. The molecule has 0 fully saturated rings. The summed E-state index contributed by atoms with van der Waals surface area (Å²) >= 11 is 12.2. The molecule has 0 amide bonds. The van der Waals surface area contributed by atoms with Gasteiger partial charge < -0.3 is 15.2 Å². The molecule has 142 valence electrons. The normalized spacial score (nSPS) is 11.1. The Bertz CT molecular complexity index is 1170. The highest BCUT2D eigenvalue weighted by Gasteiger charge is 2.18. The zero-order valence-electron chi connectivity index (χ0n) is 15.4. The van der Waals surface area contributed by atoms with Gasteiger partial charge in [0.25, 0.3) is 0 Å². The van der Waals surface area contributed by atoms with Crippen molar-refractivity contribution in [3.8, 4) is 0 Å². The molecule has 0 spiro atoms. The number of benzene rings is 2. The molecule has 2 aromatic heterocycles. The molecule has 0 bridgehead atoms. The van der Waals surface area contributed by atoms with Crippen LogP contribution in [0.3, 0.4) is 0 Å². The molecule has 0 unspecified atom stereocenters. The number of rotatable bonds is 4. The summed E-state index contributed by atoms with van der Waals surface area (Å²) in [6.07, 6.45) is 2.28. The molecular formula is C20H18Cl2N6. The molecule has 4 aromatic rings. The highest BCUT2D eigenvalue weighted by Crippen LogP contribution is 2.34. The van der Waals surface area contributed by atoms with Gasteiger partial charge in [-0.05, 0) is 47.5 Å². The van der Waals surface area contributed by atoms with Crippen molar-refractivity contribution in [2.75, 3.05) is 17.7 Å². The van der Waals surface area contributed by atoms with Crippen LogP contribution in [0, 0.1) is 0 Å². The smallest absolute Gasteiger partial charge is 0.224 e. The first-order valence-corrected chi connectivity index (χ1v) is 9.40. The summed E-state index contributed by atoms with van der Waals surface area (Å²) in [5.41, 5.74) is 11.0. The lowest BCUT2D eigenvalue weighted by molar-refractivity contribution is 0.965. The number of fused-ring (bicyclic) bond motifs is 1. The number of imidazole rings is 1. The Hall–Kier alpha value is -2.83. The average Bonchev–Trinajstić information content (AvgIpc) is 2.96. The molecular weight excluding hydrogens is 395 g/mol. The van der Waals surface area contributed by atoms with Crippen LogP contribution in [0.5, 0.6) is 0 Å². The lowest BCUT2D eigenvalue weighted by atomic mass is 10.0. The Balaban J connectivity index is 1.90. The van der Waals surface area contributed by atoms with Crippen molar-refractivity contribution < 1.29 is 0 Å². The number of aromatic nitrogens is 4. The van der Waals surface area contributed by atoms with E-state index in [2.05, 4.69) is 15.0 Å². The van der Waals surface area contributed by atoms with E-state index in [0.717, 1.165) is 27.8 Å². The zero-order chi connectivity index (χ0) is 19.8. The second-order valence-electron chi connectivity index (χ2n) is 6.51. The molecule has 2 heterocycles. The second kappa shape index (κ2) is 7.30. The van der Waals surface area contributed by atoms with Crippen LogP contribution >= 0.6 is 23.2 Å². The summed E-state index contributed by atoms with van der Waals surface area (Å²) in [4.78, 5) is 14.9. The number of halogens is 2. The first-order valence-electron chi connectivity index (χ1n) is 8.64. The lowest BCUT2D eigenvalue weighted by Gasteiger charge is -2.22.